The van der Waals surface area contributed by atoms with Gasteiger partial charge in [0.1, 0.15) is 12.1 Å². The van der Waals surface area contributed by atoms with Gasteiger partial charge in [0.2, 0.25) is 5.91 Å². The third kappa shape index (κ3) is 4.38. The predicted octanol–water partition coefficient (Wildman–Crippen LogP) is 2.35. The molecule has 0 unspecified atom stereocenters. The molecule has 1 saturated heterocycles. The molecule has 5 rings (SSSR count). The molecule has 0 atom stereocenters. The predicted molar refractivity (Wildman–Crippen MR) is 130 cm³/mol. The zero-order chi connectivity index (χ0) is 23.5. The van der Waals surface area contributed by atoms with E-state index >= 15 is 0 Å². The molecule has 2 aromatic carbocycles. The Morgan fingerprint density at radius 3 is 2.47 bits per heavy atom. The quantitative estimate of drug-likeness (QED) is 0.446. The Kier molecular flexibility index (Phi) is 6.01. The molecule has 1 N–H and O–H groups in total. The number of hydrogen-bond donors (Lipinski definition) is 1. The SMILES string of the molecule is Cn1ncc2c(N3CCN(CC(=O)Nc4ccccc4C(=O)c4ccccc4)CC3)ncnc21. The van der Waals surface area contributed by atoms with Crippen molar-refractivity contribution in [3.63, 3.8) is 0 Å². The number of nitrogens with one attached hydrogen (secondary N) is 1. The fourth-order valence-electron chi connectivity index (χ4n) is 4.25. The Morgan fingerprint density at radius 2 is 1.68 bits per heavy atom. The van der Waals surface area contributed by atoms with Crippen molar-refractivity contribution in [2.24, 2.45) is 7.05 Å². The number of piperazine rings is 1. The molecular formula is C25H25N7O2. The number of benzene rings is 2. The van der Waals surface area contributed by atoms with Gasteiger partial charge in [-0.2, -0.15) is 5.10 Å². The van der Waals surface area contributed by atoms with Gasteiger partial charge in [0, 0.05) is 44.4 Å². The smallest absolute Gasteiger partial charge is 0.238 e. The van der Waals surface area contributed by atoms with E-state index in [2.05, 4.69) is 30.2 Å². The minimum atomic E-state index is -0.140. The fraction of sp³-hybridized carbons (Fsp3) is 0.240. The van der Waals surface area contributed by atoms with Gasteiger partial charge in [0.05, 0.1) is 23.8 Å². The van der Waals surface area contributed by atoms with Crippen LogP contribution in [-0.2, 0) is 11.8 Å². The zero-order valence-corrected chi connectivity index (χ0v) is 18.9. The van der Waals surface area contributed by atoms with Gasteiger partial charge >= 0.3 is 0 Å². The molecule has 0 saturated carbocycles. The molecule has 0 aliphatic carbocycles. The second kappa shape index (κ2) is 9.40. The van der Waals surface area contributed by atoms with Crippen molar-refractivity contribution >= 4 is 34.2 Å². The van der Waals surface area contributed by atoms with E-state index in [4.69, 9.17) is 0 Å². The number of amides is 1. The Bertz CT molecular complexity index is 1330. The summed E-state index contributed by atoms with van der Waals surface area (Å²) in [5, 5.41) is 8.14. The van der Waals surface area contributed by atoms with Crippen LogP contribution in [0, 0.1) is 0 Å². The van der Waals surface area contributed by atoms with Crippen molar-refractivity contribution in [2.75, 3.05) is 42.9 Å². The van der Waals surface area contributed by atoms with Crippen LogP contribution < -0.4 is 10.2 Å². The summed E-state index contributed by atoms with van der Waals surface area (Å²) >= 11 is 0. The second-order valence-corrected chi connectivity index (χ2v) is 8.25. The molecule has 3 heterocycles. The first-order valence-corrected chi connectivity index (χ1v) is 11.2. The van der Waals surface area contributed by atoms with Crippen LogP contribution in [0.3, 0.4) is 0 Å². The number of carbonyl (C=O) groups excluding carboxylic acids is 2. The number of carbonyl (C=O) groups is 2. The summed E-state index contributed by atoms with van der Waals surface area (Å²) in [6, 6.07) is 16.2. The molecule has 172 valence electrons. The number of rotatable bonds is 6. The van der Waals surface area contributed by atoms with Crippen molar-refractivity contribution < 1.29 is 9.59 Å². The molecule has 1 aliphatic heterocycles. The maximum absolute atomic E-state index is 12.9. The third-order valence-electron chi connectivity index (χ3n) is 6.03. The lowest BCUT2D eigenvalue weighted by Gasteiger charge is -2.35. The highest BCUT2D eigenvalue weighted by Crippen LogP contribution is 2.23. The molecule has 0 spiro atoms. The first kappa shape index (κ1) is 21.7. The first-order valence-electron chi connectivity index (χ1n) is 11.2. The van der Waals surface area contributed by atoms with Crippen LogP contribution in [0.25, 0.3) is 11.0 Å². The van der Waals surface area contributed by atoms with Gasteiger partial charge in [-0.25, -0.2) is 9.97 Å². The Balaban J connectivity index is 1.21. The molecule has 1 fully saturated rings. The molecular weight excluding hydrogens is 430 g/mol. The topological polar surface area (TPSA) is 96.2 Å². The minimum absolute atomic E-state index is 0.114. The number of ketones is 1. The highest BCUT2D eigenvalue weighted by Gasteiger charge is 2.23. The fourth-order valence-corrected chi connectivity index (χ4v) is 4.25. The van der Waals surface area contributed by atoms with E-state index in [1.807, 2.05) is 31.3 Å². The number of fused-ring (bicyclic) bond motifs is 1. The van der Waals surface area contributed by atoms with Crippen LogP contribution >= 0.6 is 0 Å². The van der Waals surface area contributed by atoms with Gasteiger partial charge in [0.25, 0.3) is 0 Å². The monoisotopic (exact) mass is 455 g/mol. The molecule has 34 heavy (non-hydrogen) atoms. The highest BCUT2D eigenvalue weighted by atomic mass is 16.2. The van der Waals surface area contributed by atoms with Crippen LogP contribution in [0.15, 0.2) is 67.1 Å². The normalized spacial score (nSPS) is 14.3. The lowest BCUT2D eigenvalue weighted by atomic mass is 10.0. The third-order valence-corrected chi connectivity index (χ3v) is 6.03. The van der Waals surface area contributed by atoms with Gasteiger partial charge < -0.3 is 10.2 Å². The lowest BCUT2D eigenvalue weighted by Crippen LogP contribution is -2.49. The van der Waals surface area contributed by atoms with E-state index in [9.17, 15) is 9.59 Å². The van der Waals surface area contributed by atoms with Crippen LogP contribution in [-0.4, -0.2) is 69.1 Å². The zero-order valence-electron chi connectivity index (χ0n) is 18.9. The molecule has 4 aromatic rings. The average Bonchev–Trinajstić information content (AvgIpc) is 3.26. The molecule has 9 nitrogen and oxygen atoms in total. The van der Waals surface area contributed by atoms with E-state index in [0.29, 0.717) is 16.8 Å². The van der Waals surface area contributed by atoms with E-state index in [1.54, 1.807) is 47.5 Å². The summed E-state index contributed by atoms with van der Waals surface area (Å²) in [6.07, 6.45) is 3.35. The van der Waals surface area contributed by atoms with E-state index in [1.165, 1.54) is 0 Å². The molecule has 1 amide bonds. The van der Waals surface area contributed by atoms with Gasteiger partial charge in [-0.3, -0.25) is 19.2 Å². The van der Waals surface area contributed by atoms with Crippen molar-refractivity contribution in [1.29, 1.82) is 0 Å². The van der Waals surface area contributed by atoms with Gasteiger partial charge in [0.15, 0.2) is 11.4 Å². The largest absolute Gasteiger partial charge is 0.353 e. The summed E-state index contributed by atoms with van der Waals surface area (Å²) in [6.45, 7) is 3.20. The van der Waals surface area contributed by atoms with E-state index in [-0.39, 0.29) is 18.2 Å². The van der Waals surface area contributed by atoms with Crippen LogP contribution in [0.2, 0.25) is 0 Å². The summed E-state index contributed by atoms with van der Waals surface area (Å²) in [4.78, 5) is 38.8. The minimum Gasteiger partial charge on any atom is -0.353 e. The van der Waals surface area contributed by atoms with Gasteiger partial charge in [-0.15, -0.1) is 0 Å². The number of hydrogen-bond acceptors (Lipinski definition) is 7. The highest BCUT2D eigenvalue weighted by molar-refractivity contribution is 6.13. The summed E-state index contributed by atoms with van der Waals surface area (Å²) < 4.78 is 1.74. The number of aryl methyl sites for hydroxylation is 1. The first-order chi connectivity index (χ1) is 16.6. The van der Waals surface area contributed by atoms with Crippen LogP contribution in [0.5, 0.6) is 0 Å². The molecule has 0 radical (unpaired) electrons. The molecule has 0 bridgehead atoms. The lowest BCUT2D eigenvalue weighted by molar-refractivity contribution is -0.117. The van der Waals surface area contributed by atoms with E-state index < -0.39 is 0 Å². The maximum Gasteiger partial charge on any atom is 0.238 e. The number of para-hydroxylation sites is 1. The summed E-state index contributed by atoms with van der Waals surface area (Å²) in [5.74, 6) is 0.616. The Labute approximate surface area is 197 Å². The van der Waals surface area contributed by atoms with Crippen molar-refractivity contribution in [2.45, 2.75) is 0 Å². The summed E-state index contributed by atoms with van der Waals surface area (Å²) in [5.41, 5.74) is 2.40. The second-order valence-electron chi connectivity index (χ2n) is 8.25. The molecule has 1 aliphatic rings. The van der Waals surface area contributed by atoms with E-state index in [0.717, 1.165) is 43.0 Å². The number of nitrogens with zero attached hydrogens (tertiary/aromatic N) is 6. The average molecular weight is 456 g/mol. The Hall–Kier alpha value is -4.11. The number of anilines is 2. The Morgan fingerprint density at radius 1 is 0.941 bits per heavy atom. The van der Waals surface area contributed by atoms with Crippen molar-refractivity contribution in [3.05, 3.63) is 78.2 Å². The molecule has 9 heteroatoms. The van der Waals surface area contributed by atoms with Crippen molar-refractivity contribution in [3.8, 4) is 0 Å². The van der Waals surface area contributed by atoms with Gasteiger partial charge in [-0.05, 0) is 12.1 Å². The summed E-state index contributed by atoms with van der Waals surface area (Å²) in [7, 11) is 1.86. The standard InChI is InChI=1S/C25H25N7O2/c1-30-24-20(15-28-30)25(27-17-26-24)32-13-11-31(12-14-32)16-22(33)29-21-10-6-5-9-19(21)23(34)18-7-3-2-4-8-18/h2-10,15,17H,11-14,16H2,1H3,(H,29,33). The molecule has 2 aromatic heterocycles. The van der Waals surface area contributed by atoms with Crippen molar-refractivity contribution in [1.82, 2.24) is 24.6 Å². The van der Waals surface area contributed by atoms with Crippen LogP contribution in [0.4, 0.5) is 11.5 Å². The van der Waals surface area contributed by atoms with Crippen LogP contribution in [0.1, 0.15) is 15.9 Å². The maximum atomic E-state index is 12.9. The van der Waals surface area contributed by atoms with Gasteiger partial charge in [-0.1, -0.05) is 42.5 Å². The number of aromatic nitrogens is 4.